The summed E-state index contributed by atoms with van der Waals surface area (Å²) in [5.41, 5.74) is 2.04. The molecular weight excluding hydrogens is 362 g/mol. The van der Waals surface area contributed by atoms with E-state index in [2.05, 4.69) is 22.6 Å². The van der Waals surface area contributed by atoms with Gasteiger partial charge in [0, 0.05) is 30.5 Å². The minimum Gasteiger partial charge on any atom is -0.497 e. The van der Waals surface area contributed by atoms with Gasteiger partial charge in [-0.2, -0.15) is 0 Å². The fourth-order valence-corrected chi connectivity index (χ4v) is 4.24. The van der Waals surface area contributed by atoms with E-state index in [4.69, 9.17) is 9.47 Å². The number of aromatic nitrogens is 1. The third-order valence-electron chi connectivity index (χ3n) is 4.87. The number of amides is 2. The molecule has 1 aliphatic rings. The van der Waals surface area contributed by atoms with Crippen molar-refractivity contribution in [3.05, 3.63) is 39.8 Å². The van der Waals surface area contributed by atoms with E-state index in [1.807, 2.05) is 23.1 Å². The monoisotopic (exact) mass is 389 g/mol. The maximum Gasteiger partial charge on any atom is 0.317 e. The van der Waals surface area contributed by atoms with Crippen molar-refractivity contribution in [2.24, 2.45) is 0 Å². The number of nitrogens with one attached hydrogen (secondary N) is 1. The van der Waals surface area contributed by atoms with Gasteiger partial charge in [-0.05, 0) is 37.5 Å². The van der Waals surface area contributed by atoms with Crippen LogP contribution in [0.15, 0.2) is 23.6 Å². The molecule has 1 aromatic heterocycles. The fraction of sp³-hybridized carbons (Fsp3) is 0.500. The Kier molecular flexibility index (Phi) is 6.55. The number of aryl methyl sites for hydroxylation is 1. The van der Waals surface area contributed by atoms with Crippen LogP contribution in [-0.2, 0) is 12.8 Å². The van der Waals surface area contributed by atoms with Crippen molar-refractivity contribution in [1.29, 1.82) is 0 Å². The maximum absolute atomic E-state index is 12.8. The number of nitrogens with zero attached hydrogens (tertiary/aromatic N) is 2. The lowest BCUT2D eigenvalue weighted by Crippen LogP contribution is -2.40. The first kappa shape index (κ1) is 19.5. The van der Waals surface area contributed by atoms with Gasteiger partial charge in [0.25, 0.3) is 0 Å². The standard InChI is InChI=1S/C20H27N3O3S/c1-4-19-22-14(13-27-19)9-10-21-20(24)23-11-5-6-17(23)16-12-15(25-2)7-8-18(16)26-3/h7-8,12-13,17H,4-6,9-11H2,1-3H3,(H,21,24). The molecule has 146 valence electrons. The predicted octanol–water partition coefficient (Wildman–Crippen LogP) is 3.81. The van der Waals surface area contributed by atoms with E-state index in [0.29, 0.717) is 6.54 Å². The average Bonchev–Trinajstić information content (AvgIpc) is 3.36. The average molecular weight is 390 g/mol. The first-order chi connectivity index (χ1) is 13.2. The summed E-state index contributed by atoms with van der Waals surface area (Å²) in [6.45, 7) is 3.43. The quantitative estimate of drug-likeness (QED) is 0.782. The minimum atomic E-state index is -0.0340. The van der Waals surface area contributed by atoms with Crippen LogP contribution in [0.1, 0.15) is 42.1 Å². The second kappa shape index (κ2) is 9.08. The number of urea groups is 1. The third kappa shape index (κ3) is 4.53. The number of hydrogen-bond acceptors (Lipinski definition) is 5. The summed E-state index contributed by atoms with van der Waals surface area (Å²) in [7, 11) is 3.30. The molecule has 3 rings (SSSR count). The molecule has 6 nitrogen and oxygen atoms in total. The Labute approximate surface area is 164 Å². The molecule has 27 heavy (non-hydrogen) atoms. The number of thiazole rings is 1. The lowest BCUT2D eigenvalue weighted by molar-refractivity contribution is 0.192. The molecule has 0 spiro atoms. The van der Waals surface area contributed by atoms with Crippen LogP contribution >= 0.6 is 11.3 Å². The molecule has 1 aliphatic heterocycles. The number of ether oxygens (including phenoxy) is 2. The van der Waals surface area contributed by atoms with E-state index in [-0.39, 0.29) is 12.1 Å². The zero-order valence-corrected chi connectivity index (χ0v) is 17.0. The van der Waals surface area contributed by atoms with Gasteiger partial charge in [-0.15, -0.1) is 11.3 Å². The second-order valence-electron chi connectivity index (χ2n) is 6.53. The van der Waals surface area contributed by atoms with Crippen molar-refractivity contribution in [2.45, 2.75) is 38.6 Å². The second-order valence-corrected chi connectivity index (χ2v) is 7.47. The summed E-state index contributed by atoms with van der Waals surface area (Å²) < 4.78 is 10.9. The highest BCUT2D eigenvalue weighted by atomic mass is 32.1. The van der Waals surface area contributed by atoms with Gasteiger partial charge in [0.05, 0.1) is 31.0 Å². The van der Waals surface area contributed by atoms with E-state index in [0.717, 1.165) is 60.0 Å². The Bertz CT molecular complexity index is 778. The number of likely N-dealkylation sites (tertiary alicyclic amines) is 1. The number of benzene rings is 1. The zero-order valence-electron chi connectivity index (χ0n) is 16.2. The van der Waals surface area contributed by atoms with Gasteiger partial charge in [0.1, 0.15) is 11.5 Å². The minimum absolute atomic E-state index is 0.000941. The first-order valence-electron chi connectivity index (χ1n) is 9.36. The van der Waals surface area contributed by atoms with Crippen LogP contribution in [0.2, 0.25) is 0 Å². The van der Waals surface area contributed by atoms with Crippen LogP contribution in [0.5, 0.6) is 11.5 Å². The molecule has 1 aromatic carbocycles. The Morgan fingerprint density at radius 3 is 2.93 bits per heavy atom. The summed E-state index contributed by atoms with van der Waals surface area (Å²) in [6, 6.07) is 5.71. The smallest absolute Gasteiger partial charge is 0.317 e. The van der Waals surface area contributed by atoms with Crippen molar-refractivity contribution in [2.75, 3.05) is 27.3 Å². The van der Waals surface area contributed by atoms with E-state index in [1.165, 1.54) is 0 Å². The highest BCUT2D eigenvalue weighted by molar-refractivity contribution is 7.09. The lowest BCUT2D eigenvalue weighted by Gasteiger charge is -2.27. The summed E-state index contributed by atoms with van der Waals surface area (Å²) in [6.07, 6.45) is 3.60. The maximum atomic E-state index is 12.8. The largest absolute Gasteiger partial charge is 0.497 e. The summed E-state index contributed by atoms with van der Waals surface area (Å²) in [5.74, 6) is 1.56. The fourth-order valence-electron chi connectivity index (χ4n) is 3.46. The number of methoxy groups -OCH3 is 2. The molecule has 7 heteroatoms. The van der Waals surface area contributed by atoms with Gasteiger partial charge in [0.2, 0.25) is 0 Å². The van der Waals surface area contributed by atoms with Crippen LogP contribution in [0.4, 0.5) is 4.79 Å². The molecule has 1 N–H and O–H groups in total. The Morgan fingerprint density at radius 2 is 2.22 bits per heavy atom. The van der Waals surface area contributed by atoms with Gasteiger partial charge in [-0.25, -0.2) is 9.78 Å². The van der Waals surface area contributed by atoms with E-state index < -0.39 is 0 Å². The molecular formula is C20H27N3O3S. The Balaban J connectivity index is 1.64. The molecule has 1 saturated heterocycles. The van der Waals surface area contributed by atoms with Gasteiger partial charge >= 0.3 is 6.03 Å². The molecule has 2 aromatic rings. The molecule has 0 bridgehead atoms. The van der Waals surface area contributed by atoms with Crippen molar-refractivity contribution in [3.8, 4) is 11.5 Å². The molecule has 0 saturated carbocycles. The van der Waals surface area contributed by atoms with Crippen molar-refractivity contribution < 1.29 is 14.3 Å². The number of hydrogen-bond donors (Lipinski definition) is 1. The topological polar surface area (TPSA) is 63.7 Å². The van der Waals surface area contributed by atoms with Crippen LogP contribution < -0.4 is 14.8 Å². The molecule has 1 atom stereocenters. The van der Waals surface area contributed by atoms with E-state index >= 15 is 0 Å². The number of carbonyl (C=O) groups excluding carboxylic acids is 1. The molecule has 2 heterocycles. The molecule has 0 radical (unpaired) electrons. The Morgan fingerprint density at radius 1 is 1.37 bits per heavy atom. The van der Waals surface area contributed by atoms with Gasteiger partial charge < -0.3 is 19.7 Å². The third-order valence-corrected chi connectivity index (χ3v) is 5.91. The summed E-state index contributed by atoms with van der Waals surface area (Å²) in [5, 5.41) is 6.26. The van der Waals surface area contributed by atoms with E-state index in [9.17, 15) is 4.79 Å². The predicted molar refractivity (Wildman–Crippen MR) is 107 cm³/mol. The van der Waals surface area contributed by atoms with Crippen molar-refractivity contribution in [3.63, 3.8) is 0 Å². The van der Waals surface area contributed by atoms with Crippen LogP contribution in [0, 0.1) is 0 Å². The summed E-state index contributed by atoms with van der Waals surface area (Å²) >= 11 is 1.68. The van der Waals surface area contributed by atoms with Crippen LogP contribution in [0.25, 0.3) is 0 Å². The molecule has 1 unspecified atom stereocenters. The van der Waals surface area contributed by atoms with Gasteiger partial charge in [-0.1, -0.05) is 6.92 Å². The molecule has 2 amide bonds. The Hall–Kier alpha value is -2.28. The molecule has 0 aliphatic carbocycles. The van der Waals surface area contributed by atoms with Gasteiger partial charge in [0.15, 0.2) is 0 Å². The zero-order chi connectivity index (χ0) is 19.2. The SMILES string of the molecule is CCc1nc(CCNC(=O)N2CCCC2c2cc(OC)ccc2OC)cs1. The van der Waals surface area contributed by atoms with Gasteiger partial charge in [-0.3, -0.25) is 0 Å². The molecule has 1 fully saturated rings. The highest BCUT2D eigenvalue weighted by Gasteiger charge is 2.32. The normalized spacial score (nSPS) is 16.4. The van der Waals surface area contributed by atoms with Crippen molar-refractivity contribution >= 4 is 17.4 Å². The number of rotatable bonds is 7. The first-order valence-corrected chi connectivity index (χ1v) is 10.2. The van der Waals surface area contributed by atoms with Crippen LogP contribution in [-0.4, -0.2) is 43.2 Å². The summed E-state index contributed by atoms with van der Waals surface area (Å²) in [4.78, 5) is 19.2. The van der Waals surface area contributed by atoms with Crippen LogP contribution in [0.3, 0.4) is 0 Å². The highest BCUT2D eigenvalue weighted by Crippen LogP contribution is 2.38. The lowest BCUT2D eigenvalue weighted by atomic mass is 10.0. The number of carbonyl (C=O) groups is 1. The van der Waals surface area contributed by atoms with Crippen molar-refractivity contribution in [1.82, 2.24) is 15.2 Å². The van der Waals surface area contributed by atoms with E-state index in [1.54, 1.807) is 25.6 Å².